The van der Waals surface area contributed by atoms with Crippen molar-refractivity contribution >= 4 is 34.6 Å². The van der Waals surface area contributed by atoms with Crippen molar-refractivity contribution in [2.24, 2.45) is 0 Å². The van der Waals surface area contributed by atoms with Gasteiger partial charge in [0, 0.05) is 70.9 Å². The number of aromatic hydroxyl groups is 1. The second-order valence-corrected chi connectivity index (χ2v) is 17.2. The maximum atomic E-state index is 15.0. The van der Waals surface area contributed by atoms with Gasteiger partial charge >= 0.3 is 11.9 Å². The molecule has 3 unspecified atom stereocenters. The Bertz CT molecular complexity index is 2350. The molecule has 13 nitrogen and oxygen atoms in total. The molecule has 288 valence electrons. The molecule has 14 heteroatoms. The van der Waals surface area contributed by atoms with Crippen LogP contribution in [0.1, 0.15) is 75.8 Å². The number of carbonyl (C=O) groups excluding carboxylic acids is 2. The number of phenols is 1. The van der Waals surface area contributed by atoms with Gasteiger partial charge < -0.3 is 38.9 Å². The number of benzene rings is 3. The molecule has 3 aromatic carbocycles. The van der Waals surface area contributed by atoms with Gasteiger partial charge in [-0.25, -0.2) is 4.79 Å². The number of methoxy groups -OCH3 is 1. The molecule has 4 aromatic rings. The number of para-hydroxylation sites is 1. The van der Waals surface area contributed by atoms with Gasteiger partial charge in [0.1, 0.15) is 18.1 Å². The summed E-state index contributed by atoms with van der Waals surface area (Å²) in [5.74, 6) is 1.05. The molecule has 8 atom stereocenters. The predicted octanol–water partition coefficient (Wildman–Crippen LogP) is 4.57. The Morgan fingerprint density at radius 2 is 1.87 bits per heavy atom. The molecular weight excluding hydrogens is 725 g/mol. The lowest BCUT2D eigenvalue weighted by Gasteiger charge is -2.60. The van der Waals surface area contributed by atoms with Crippen LogP contribution < -0.4 is 24.3 Å². The molecular formula is C41H44N4O9S. The zero-order valence-corrected chi connectivity index (χ0v) is 32.4. The topological polar surface area (TPSA) is 155 Å². The highest BCUT2D eigenvalue weighted by Crippen LogP contribution is 2.65. The Kier molecular flexibility index (Phi) is 7.64. The van der Waals surface area contributed by atoms with E-state index >= 15 is 0 Å². The third-order valence-electron chi connectivity index (χ3n) is 12.7. The van der Waals surface area contributed by atoms with Crippen molar-refractivity contribution < 1.29 is 43.5 Å². The molecule has 0 saturated carbocycles. The van der Waals surface area contributed by atoms with Crippen LogP contribution in [-0.2, 0) is 32.7 Å². The summed E-state index contributed by atoms with van der Waals surface area (Å²) >= 11 is 1.55. The SMILES string of the molecule is COc1c(C)cc2c(c1O)[C@H]1[C@@H]3[C@@H]4SC[C@]5(N[C@@H](C)Cc6c5[nH]c5ccccc65)C(=O)OCC(c5c6c(c(C)c(OC(C)=O)c54)OCO6)N3C(O)(C2)CN1C. The Balaban J connectivity index is 1.26. The Labute approximate surface area is 322 Å². The normalized spacial score (nSPS) is 31.7. The van der Waals surface area contributed by atoms with Crippen LogP contribution in [0.5, 0.6) is 28.7 Å². The zero-order chi connectivity index (χ0) is 38.3. The monoisotopic (exact) mass is 768 g/mol. The van der Waals surface area contributed by atoms with Crippen LogP contribution in [-0.4, -0.2) is 94.6 Å². The summed E-state index contributed by atoms with van der Waals surface area (Å²) in [4.78, 5) is 35.7. The third-order valence-corrected chi connectivity index (χ3v) is 14.1. The van der Waals surface area contributed by atoms with Gasteiger partial charge in [-0.1, -0.05) is 24.3 Å². The summed E-state index contributed by atoms with van der Waals surface area (Å²) in [6, 6.07) is 8.28. The minimum atomic E-state index is -1.49. The number of rotatable bonds is 2. The largest absolute Gasteiger partial charge is 0.504 e. The van der Waals surface area contributed by atoms with Crippen molar-refractivity contribution in [3.63, 3.8) is 0 Å². The van der Waals surface area contributed by atoms with Crippen molar-refractivity contribution in [2.75, 3.05) is 39.9 Å². The van der Waals surface area contributed by atoms with Crippen molar-refractivity contribution in [3.05, 3.63) is 75.0 Å². The second-order valence-electron chi connectivity index (χ2n) is 16.0. The minimum Gasteiger partial charge on any atom is -0.504 e. The molecule has 1 aromatic heterocycles. The highest BCUT2D eigenvalue weighted by atomic mass is 32.2. The van der Waals surface area contributed by atoms with E-state index in [2.05, 4.69) is 33.1 Å². The van der Waals surface area contributed by atoms with Gasteiger partial charge in [-0.15, -0.1) is 11.8 Å². The number of aryl methyl sites for hydroxylation is 1. The third kappa shape index (κ3) is 4.69. The standard InChI is InChI=1S/C41H44N4O9S/c1-18-11-22-13-40(49)15-44(5)30(27(22)32(47)33(18)50-6)31-37-29-28(36-35(52-17-53-36)20(3)34(29)54-21(4)46)26(45(31)40)14-51-39(48)41(16-55-37)38-24(12-19(2)43-41)23-9-7-8-10-25(23)42-38/h7-11,19,26,30-31,37,42-43,47,49H,12-17H2,1-6H3/t19-,26?,30-,31+,37+,40?,41+/m0/s1. The number of esters is 2. The van der Waals surface area contributed by atoms with Crippen molar-refractivity contribution in [2.45, 2.75) is 81.2 Å². The fraction of sp³-hybridized carbons (Fsp3) is 0.463. The van der Waals surface area contributed by atoms with Gasteiger partial charge in [0.05, 0.1) is 30.1 Å². The van der Waals surface area contributed by atoms with Crippen molar-refractivity contribution in [1.29, 1.82) is 0 Å². The van der Waals surface area contributed by atoms with Gasteiger partial charge in [-0.3, -0.25) is 19.9 Å². The molecule has 9 heterocycles. The average Bonchev–Trinajstić information content (AvgIpc) is 3.73. The number of nitrogens with one attached hydrogen (secondary N) is 2. The molecule has 0 aliphatic carbocycles. The zero-order valence-electron chi connectivity index (χ0n) is 31.6. The van der Waals surface area contributed by atoms with E-state index in [-0.39, 0.29) is 43.9 Å². The Morgan fingerprint density at radius 1 is 1.09 bits per heavy atom. The van der Waals surface area contributed by atoms with E-state index in [0.29, 0.717) is 39.7 Å². The van der Waals surface area contributed by atoms with E-state index in [9.17, 15) is 19.8 Å². The number of aromatic amines is 1. The molecule has 0 amide bonds. The molecule has 2 fully saturated rings. The number of likely N-dealkylation sites (N-methyl/N-ethyl adjacent to an activating group) is 1. The Morgan fingerprint density at radius 3 is 2.65 bits per heavy atom. The molecule has 2 saturated heterocycles. The number of thioether (sulfide) groups is 1. The van der Waals surface area contributed by atoms with Crippen molar-refractivity contribution in [3.8, 4) is 28.7 Å². The minimum absolute atomic E-state index is 0.0362. The molecule has 55 heavy (non-hydrogen) atoms. The van der Waals surface area contributed by atoms with Crippen LogP contribution in [0.3, 0.4) is 0 Å². The summed E-state index contributed by atoms with van der Waals surface area (Å²) < 4.78 is 30.8. The molecule has 12 rings (SSSR count). The first-order chi connectivity index (χ1) is 26.4. The van der Waals surface area contributed by atoms with E-state index in [4.69, 9.17) is 23.7 Å². The fourth-order valence-corrected chi connectivity index (χ4v) is 12.5. The average molecular weight is 769 g/mol. The summed E-state index contributed by atoms with van der Waals surface area (Å²) in [5, 5.41) is 29.5. The fourth-order valence-electron chi connectivity index (χ4n) is 10.8. The lowest BCUT2D eigenvalue weighted by molar-refractivity contribution is -0.215. The van der Waals surface area contributed by atoms with Crippen molar-refractivity contribution in [1.82, 2.24) is 20.1 Å². The molecule has 4 N–H and O–H groups in total. The number of nitrogens with zero attached hydrogens (tertiary/aromatic N) is 2. The molecule has 4 bridgehead atoms. The molecule has 8 aliphatic rings. The van der Waals surface area contributed by atoms with E-state index in [0.717, 1.165) is 45.3 Å². The summed E-state index contributed by atoms with van der Waals surface area (Å²) in [6.45, 7) is 7.26. The Hall–Kier alpha value is -4.47. The number of phenolic OH excluding ortho intramolecular Hbond substituents is 1. The summed E-state index contributed by atoms with van der Waals surface area (Å²) in [7, 11) is 3.51. The number of hydrogen-bond donors (Lipinski definition) is 4. The van der Waals surface area contributed by atoms with Gasteiger partial charge in [0.25, 0.3) is 0 Å². The number of ether oxygens (including phenoxy) is 5. The lowest BCUT2D eigenvalue weighted by Crippen LogP contribution is -2.70. The number of piperazine rings is 1. The van der Waals surface area contributed by atoms with Crippen LogP contribution >= 0.6 is 11.8 Å². The second kappa shape index (κ2) is 12.0. The predicted molar refractivity (Wildman–Crippen MR) is 203 cm³/mol. The van der Waals surface area contributed by atoms with Gasteiger partial charge in [0.2, 0.25) is 6.79 Å². The molecule has 0 radical (unpaired) electrons. The number of hydrogen-bond acceptors (Lipinski definition) is 13. The molecule has 8 aliphatic heterocycles. The highest BCUT2D eigenvalue weighted by molar-refractivity contribution is 7.99. The van der Waals surface area contributed by atoms with E-state index in [1.807, 2.05) is 45.2 Å². The maximum absolute atomic E-state index is 15.0. The highest BCUT2D eigenvalue weighted by Gasteiger charge is 2.64. The van der Waals surface area contributed by atoms with Crippen LogP contribution in [0.15, 0.2) is 30.3 Å². The first kappa shape index (κ1) is 35.0. The van der Waals surface area contributed by atoms with E-state index in [1.54, 1.807) is 18.9 Å². The first-order valence-corrected chi connectivity index (χ1v) is 19.8. The van der Waals surface area contributed by atoms with Gasteiger partial charge in [-0.05, 0) is 57.0 Å². The number of aromatic nitrogens is 1. The van der Waals surface area contributed by atoms with Crippen LogP contribution in [0.25, 0.3) is 10.9 Å². The van der Waals surface area contributed by atoms with E-state index < -0.39 is 46.6 Å². The number of H-pyrrole nitrogens is 1. The number of carbonyl (C=O) groups is 2. The molecule has 1 spiro atoms. The van der Waals surface area contributed by atoms with Crippen LogP contribution in [0, 0.1) is 13.8 Å². The van der Waals surface area contributed by atoms with Crippen LogP contribution in [0.4, 0.5) is 0 Å². The van der Waals surface area contributed by atoms with E-state index in [1.165, 1.54) is 6.92 Å². The van der Waals surface area contributed by atoms with Crippen LogP contribution in [0.2, 0.25) is 0 Å². The lowest BCUT2D eigenvalue weighted by atomic mass is 9.78. The number of fused-ring (bicyclic) bond motifs is 8. The first-order valence-electron chi connectivity index (χ1n) is 18.8. The summed E-state index contributed by atoms with van der Waals surface area (Å²) in [5.41, 5.74) is 4.30. The van der Waals surface area contributed by atoms with Gasteiger partial charge in [-0.2, -0.15) is 0 Å². The summed E-state index contributed by atoms with van der Waals surface area (Å²) in [6.07, 6.45) is 0.916. The smallest absolute Gasteiger partial charge is 0.333 e. The maximum Gasteiger partial charge on any atom is 0.333 e. The number of aliphatic hydroxyl groups is 1. The quantitative estimate of drug-likeness (QED) is 0.167. The van der Waals surface area contributed by atoms with Gasteiger partial charge in [0.15, 0.2) is 28.5 Å².